The Hall–Kier alpha value is -2.45. The fourth-order valence-corrected chi connectivity index (χ4v) is 4.50. The lowest BCUT2D eigenvalue weighted by molar-refractivity contribution is 0.0671. The summed E-state index contributed by atoms with van der Waals surface area (Å²) in [6.07, 6.45) is 4.37. The number of hydrogen-bond acceptors (Lipinski definition) is 5. The van der Waals surface area contributed by atoms with Crippen LogP contribution in [0.25, 0.3) is 5.65 Å². The second kappa shape index (κ2) is 7.42. The van der Waals surface area contributed by atoms with Crippen LogP contribution in [0, 0.1) is 0 Å². The second-order valence-corrected chi connectivity index (χ2v) is 8.43. The van der Waals surface area contributed by atoms with Gasteiger partial charge >= 0.3 is 0 Å². The second-order valence-electron chi connectivity index (χ2n) is 7.51. The normalized spacial score (nSPS) is 19.4. The van der Waals surface area contributed by atoms with E-state index in [0.717, 1.165) is 37.2 Å². The van der Waals surface area contributed by atoms with Crippen LogP contribution in [0.2, 0.25) is 0 Å². The van der Waals surface area contributed by atoms with Gasteiger partial charge in [0, 0.05) is 43.8 Å². The molecule has 29 heavy (non-hydrogen) atoms. The van der Waals surface area contributed by atoms with E-state index in [9.17, 15) is 4.79 Å². The zero-order chi connectivity index (χ0) is 20.0. The molecule has 2 aliphatic heterocycles. The van der Waals surface area contributed by atoms with Crippen molar-refractivity contribution in [2.24, 2.45) is 0 Å². The summed E-state index contributed by atoms with van der Waals surface area (Å²) in [5.74, 6) is -0.0541. The number of ether oxygens (including phenoxy) is 1. The SMILES string of the molecule is CC1c2cc(N3CCOCC3)ccc2CCN1C(=O)c1cc2ncc(Br)cn2n1. The predicted molar refractivity (Wildman–Crippen MR) is 113 cm³/mol. The molecule has 3 aromatic rings. The fourth-order valence-electron chi connectivity index (χ4n) is 4.20. The first-order valence-corrected chi connectivity index (χ1v) is 10.7. The number of carbonyl (C=O) groups excluding carboxylic acids is 1. The summed E-state index contributed by atoms with van der Waals surface area (Å²) >= 11 is 3.39. The maximum atomic E-state index is 13.2. The minimum atomic E-state index is -0.0541. The van der Waals surface area contributed by atoms with Crippen LogP contribution in [0.5, 0.6) is 0 Å². The van der Waals surface area contributed by atoms with Crippen LogP contribution in [-0.4, -0.2) is 58.3 Å². The Morgan fingerprint density at radius 1 is 1.21 bits per heavy atom. The Morgan fingerprint density at radius 2 is 2.03 bits per heavy atom. The van der Waals surface area contributed by atoms with E-state index in [1.165, 1.54) is 16.8 Å². The van der Waals surface area contributed by atoms with Gasteiger partial charge in [0.25, 0.3) is 5.91 Å². The molecule has 1 saturated heterocycles. The largest absolute Gasteiger partial charge is 0.378 e. The highest BCUT2D eigenvalue weighted by Crippen LogP contribution is 2.33. The van der Waals surface area contributed by atoms with Crippen LogP contribution in [0.1, 0.15) is 34.6 Å². The highest BCUT2D eigenvalue weighted by molar-refractivity contribution is 9.10. The molecule has 1 unspecified atom stereocenters. The minimum Gasteiger partial charge on any atom is -0.378 e. The van der Waals surface area contributed by atoms with E-state index in [1.807, 2.05) is 11.1 Å². The van der Waals surface area contributed by atoms with Crippen LogP contribution in [0.15, 0.2) is 41.1 Å². The molecule has 8 heteroatoms. The lowest BCUT2D eigenvalue weighted by atomic mass is 9.92. The predicted octanol–water partition coefficient (Wildman–Crippen LogP) is 3.09. The first-order valence-electron chi connectivity index (χ1n) is 9.87. The molecule has 0 radical (unpaired) electrons. The summed E-state index contributed by atoms with van der Waals surface area (Å²) in [6, 6.07) is 8.40. The summed E-state index contributed by atoms with van der Waals surface area (Å²) < 4.78 is 7.93. The fraction of sp³-hybridized carbons (Fsp3) is 0.381. The van der Waals surface area contributed by atoms with Crippen molar-refractivity contribution in [3.8, 4) is 0 Å². The molecule has 2 aliphatic rings. The number of hydrogen-bond donors (Lipinski definition) is 0. The number of anilines is 1. The monoisotopic (exact) mass is 455 g/mol. The third kappa shape index (κ3) is 3.40. The van der Waals surface area contributed by atoms with E-state index in [-0.39, 0.29) is 11.9 Å². The number of nitrogens with zero attached hydrogens (tertiary/aromatic N) is 5. The van der Waals surface area contributed by atoms with Crippen molar-refractivity contribution in [1.29, 1.82) is 0 Å². The van der Waals surface area contributed by atoms with Crippen molar-refractivity contribution in [3.05, 3.63) is 58.0 Å². The average Bonchev–Trinajstić information content (AvgIpc) is 3.17. The molecule has 4 heterocycles. The van der Waals surface area contributed by atoms with Crippen LogP contribution < -0.4 is 4.90 Å². The lowest BCUT2D eigenvalue weighted by Crippen LogP contribution is -2.40. The summed E-state index contributed by atoms with van der Waals surface area (Å²) in [5, 5.41) is 4.44. The molecule has 0 aliphatic carbocycles. The van der Waals surface area contributed by atoms with E-state index in [1.54, 1.807) is 16.8 Å². The zero-order valence-corrected chi connectivity index (χ0v) is 17.8. The molecule has 2 aromatic heterocycles. The minimum absolute atomic E-state index is 0.00301. The summed E-state index contributed by atoms with van der Waals surface area (Å²) in [4.78, 5) is 21.8. The first-order chi connectivity index (χ1) is 14.1. The van der Waals surface area contributed by atoms with Gasteiger partial charge in [-0.1, -0.05) is 6.07 Å². The van der Waals surface area contributed by atoms with E-state index in [2.05, 4.69) is 56.0 Å². The van der Waals surface area contributed by atoms with Crippen molar-refractivity contribution in [3.63, 3.8) is 0 Å². The number of rotatable bonds is 2. The Balaban J connectivity index is 1.43. The molecule has 0 saturated carbocycles. The molecular formula is C21H22BrN5O2. The van der Waals surface area contributed by atoms with Crippen molar-refractivity contribution in [2.45, 2.75) is 19.4 Å². The van der Waals surface area contributed by atoms with Crippen LogP contribution in [0.4, 0.5) is 5.69 Å². The van der Waals surface area contributed by atoms with Gasteiger partial charge in [-0.2, -0.15) is 5.10 Å². The topological polar surface area (TPSA) is 63.0 Å². The van der Waals surface area contributed by atoms with Gasteiger partial charge in [-0.25, -0.2) is 9.50 Å². The molecule has 150 valence electrons. The molecule has 1 atom stereocenters. The summed E-state index contributed by atoms with van der Waals surface area (Å²) in [5.41, 5.74) is 4.83. The van der Waals surface area contributed by atoms with Crippen LogP contribution in [0.3, 0.4) is 0 Å². The van der Waals surface area contributed by atoms with Gasteiger partial charge < -0.3 is 14.5 Å². The molecule has 1 aromatic carbocycles. The Morgan fingerprint density at radius 3 is 2.86 bits per heavy atom. The highest BCUT2D eigenvalue weighted by Gasteiger charge is 2.30. The number of aromatic nitrogens is 3. The molecule has 7 nitrogen and oxygen atoms in total. The highest BCUT2D eigenvalue weighted by atomic mass is 79.9. The molecule has 1 amide bonds. The summed E-state index contributed by atoms with van der Waals surface area (Å²) in [7, 11) is 0. The molecule has 5 rings (SSSR count). The number of halogens is 1. The van der Waals surface area contributed by atoms with E-state index in [4.69, 9.17) is 4.74 Å². The van der Waals surface area contributed by atoms with Crippen molar-refractivity contribution < 1.29 is 9.53 Å². The van der Waals surface area contributed by atoms with Gasteiger partial charge in [-0.15, -0.1) is 0 Å². The van der Waals surface area contributed by atoms with Gasteiger partial charge in [0.1, 0.15) is 0 Å². The Labute approximate surface area is 177 Å². The Bertz CT molecular complexity index is 1080. The van der Waals surface area contributed by atoms with Gasteiger partial charge in [-0.05, 0) is 52.5 Å². The quantitative estimate of drug-likeness (QED) is 0.593. The number of amides is 1. The van der Waals surface area contributed by atoms with Crippen molar-refractivity contribution >= 4 is 33.2 Å². The van der Waals surface area contributed by atoms with Gasteiger partial charge in [0.15, 0.2) is 11.3 Å². The number of morpholine rings is 1. The van der Waals surface area contributed by atoms with Crippen molar-refractivity contribution in [2.75, 3.05) is 37.7 Å². The van der Waals surface area contributed by atoms with Gasteiger partial charge in [-0.3, -0.25) is 4.79 Å². The average molecular weight is 456 g/mol. The summed E-state index contributed by atoms with van der Waals surface area (Å²) in [6.45, 7) is 6.11. The van der Waals surface area contributed by atoms with E-state index in [0.29, 0.717) is 17.9 Å². The first kappa shape index (κ1) is 18.6. The van der Waals surface area contributed by atoms with Crippen molar-refractivity contribution in [1.82, 2.24) is 19.5 Å². The number of benzene rings is 1. The maximum absolute atomic E-state index is 13.2. The smallest absolute Gasteiger partial charge is 0.274 e. The lowest BCUT2D eigenvalue weighted by Gasteiger charge is -2.36. The van der Waals surface area contributed by atoms with Crippen LogP contribution in [-0.2, 0) is 11.2 Å². The third-order valence-corrected chi connectivity index (χ3v) is 6.22. The van der Waals surface area contributed by atoms with E-state index >= 15 is 0 Å². The molecule has 0 N–H and O–H groups in total. The van der Waals surface area contributed by atoms with Gasteiger partial charge in [0.05, 0.1) is 23.7 Å². The Kier molecular flexibility index (Phi) is 4.75. The molecule has 0 spiro atoms. The van der Waals surface area contributed by atoms with Gasteiger partial charge in [0.2, 0.25) is 0 Å². The standard InChI is InChI=1S/C21H22BrN5O2/c1-14-18-10-17(25-6-8-29-9-7-25)3-2-15(18)4-5-26(14)21(28)19-11-20-23-12-16(22)13-27(20)24-19/h2-3,10-14H,4-9H2,1H3. The molecular weight excluding hydrogens is 434 g/mol. The number of fused-ring (bicyclic) bond motifs is 2. The van der Waals surface area contributed by atoms with E-state index < -0.39 is 0 Å². The third-order valence-electron chi connectivity index (χ3n) is 5.81. The molecule has 1 fully saturated rings. The molecule has 0 bridgehead atoms. The zero-order valence-electron chi connectivity index (χ0n) is 16.2. The van der Waals surface area contributed by atoms with Crippen LogP contribution >= 0.6 is 15.9 Å². The maximum Gasteiger partial charge on any atom is 0.274 e. The number of carbonyl (C=O) groups is 1.